The molecule has 0 amide bonds. The van der Waals surface area contributed by atoms with E-state index in [0.29, 0.717) is 5.92 Å². The van der Waals surface area contributed by atoms with Crippen LogP contribution < -0.4 is 5.32 Å². The van der Waals surface area contributed by atoms with Crippen LogP contribution in [-0.4, -0.2) is 32.9 Å². The molecule has 1 aliphatic heterocycles. The van der Waals surface area contributed by atoms with E-state index in [1.165, 1.54) is 5.56 Å². The average molecular weight is 356 g/mol. The standard InChI is InChI=1S/C17H26BrNO2/c1-2-9-19-12-17(15-3-5-16(18)6-4-15)21-13-14-7-10-20-11-8-14/h3-6,14,17,19H,2,7-13H2,1H3. The van der Waals surface area contributed by atoms with Crippen LogP contribution in [-0.2, 0) is 9.47 Å². The molecule has 1 N–H and O–H groups in total. The van der Waals surface area contributed by atoms with Crippen LogP contribution >= 0.6 is 15.9 Å². The maximum absolute atomic E-state index is 6.22. The van der Waals surface area contributed by atoms with Crippen molar-refractivity contribution in [2.24, 2.45) is 5.92 Å². The Balaban J connectivity index is 1.89. The van der Waals surface area contributed by atoms with Crippen molar-refractivity contribution in [1.29, 1.82) is 0 Å². The molecule has 1 aromatic rings. The summed E-state index contributed by atoms with van der Waals surface area (Å²) in [5.41, 5.74) is 1.24. The lowest BCUT2D eigenvalue weighted by Crippen LogP contribution is -2.27. The topological polar surface area (TPSA) is 30.5 Å². The zero-order valence-corrected chi connectivity index (χ0v) is 14.4. The summed E-state index contributed by atoms with van der Waals surface area (Å²) in [6, 6.07) is 8.46. The lowest BCUT2D eigenvalue weighted by molar-refractivity contribution is -0.0113. The average Bonchev–Trinajstić information content (AvgIpc) is 2.53. The maximum atomic E-state index is 6.22. The third kappa shape index (κ3) is 6.07. The summed E-state index contributed by atoms with van der Waals surface area (Å²) in [4.78, 5) is 0. The summed E-state index contributed by atoms with van der Waals surface area (Å²) >= 11 is 3.49. The smallest absolute Gasteiger partial charge is 0.0949 e. The fourth-order valence-corrected chi connectivity index (χ4v) is 2.79. The summed E-state index contributed by atoms with van der Waals surface area (Å²) in [7, 11) is 0. The van der Waals surface area contributed by atoms with E-state index in [2.05, 4.69) is 52.4 Å². The van der Waals surface area contributed by atoms with Crippen LogP contribution in [0.5, 0.6) is 0 Å². The van der Waals surface area contributed by atoms with Gasteiger partial charge in [0, 0.05) is 24.2 Å². The van der Waals surface area contributed by atoms with Crippen LogP contribution in [0.2, 0.25) is 0 Å². The normalized spacial score (nSPS) is 17.8. The van der Waals surface area contributed by atoms with Gasteiger partial charge in [-0.05, 0) is 49.4 Å². The summed E-state index contributed by atoms with van der Waals surface area (Å²) < 4.78 is 12.7. The minimum atomic E-state index is 0.132. The van der Waals surface area contributed by atoms with Crippen molar-refractivity contribution >= 4 is 15.9 Å². The highest BCUT2D eigenvalue weighted by atomic mass is 79.9. The molecule has 21 heavy (non-hydrogen) atoms. The first-order valence-corrected chi connectivity index (χ1v) is 8.74. The van der Waals surface area contributed by atoms with Gasteiger partial charge in [0.15, 0.2) is 0 Å². The Hall–Kier alpha value is -0.420. The molecule has 1 aliphatic rings. The van der Waals surface area contributed by atoms with Crippen molar-refractivity contribution in [3.8, 4) is 0 Å². The molecule has 4 heteroatoms. The van der Waals surface area contributed by atoms with Gasteiger partial charge in [0.25, 0.3) is 0 Å². The number of nitrogens with one attached hydrogen (secondary N) is 1. The third-order valence-corrected chi connectivity index (χ3v) is 4.40. The number of benzene rings is 1. The molecule has 1 unspecified atom stereocenters. The van der Waals surface area contributed by atoms with E-state index in [-0.39, 0.29) is 6.10 Å². The monoisotopic (exact) mass is 355 g/mol. The number of halogens is 1. The molecule has 2 rings (SSSR count). The van der Waals surface area contributed by atoms with Crippen molar-refractivity contribution < 1.29 is 9.47 Å². The maximum Gasteiger partial charge on any atom is 0.0949 e. The largest absolute Gasteiger partial charge is 0.381 e. The van der Waals surface area contributed by atoms with Gasteiger partial charge in [-0.3, -0.25) is 0 Å². The van der Waals surface area contributed by atoms with E-state index < -0.39 is 0 Å². The lowest BCUT2D eigenvalue weighted by atomic mass is 10.0. The zero-order valence-electron chi connectivity index (χ0n) is 12.8. The molecule has 1 saturated heterocycles. The predicted molar refractivity (Wildman–Crippen MR) is 89.5 cm³/mol. The number of ether oxygens (including phenoxy) is 2. The highest BCUT2D eigenvalue weighted by molar-refractivity contribution is 9.10. The molecular weight excluding hydrogens is 330 g/mol. The Kier molecular flexibility index (Phi) is 7.72. The molecule has 118 valence electrons. The minimum Gasteiger partial charge on any atom is -0.381 e. The van der Waals surface area contributed by atoms with Gasteiger partial charge in [-0.25, -0.2) is 0 Å². The Morgan fingerprint density at radius 1 is 1.29 bits per heavy atom. The molecule has 3 nitrogen and oxygen atoms in total. The van der Waals surface area contributed by atoms with Crippen LogP contribution in [0.3, 0.4) is 0 Å². The first kappa shape index (κ1) is 16.9. The molecule has 1 fully saturated rings. The van der Waals surface area contributed by atoms with E-state index in [4.69, 9.17) is 9.47 Å². The van der Waals surface area contributed by atoms with E-state index in [1.807, 2.05) is 0 Å². The third-order valence-electron chi connectivity index (χ3n) is 3.87. The van der Waals surface area contributed by atoms with Crippen molar-refractivity contribution in [2.45, 2.75) is 32.3 Å². The molecule has 0 aliphatic carbocycles. The van der Waals surface area contributed by atoms with Crippen molar-refractivity contribution in [1.82, 2.24) is 5.32 Å². The highest BCUT2D eigenvalue weighted by Gasteiger charge is 2.18. The molecule has 1 atom stereocenters. The van der Waals surface area contributed by atoms with Crippen LogP contribution in [0, 0.1) is 5.92 Å². The van der Waals surface area contributed by atoms with Crippen molar-refractivity contribution in [3.63, 3.8) is 0 Å². The fourth-order valence-electron chi connectivity index (χ4n) is 2.53. The molecular formula is C17H26BrNO2. The number of rotatable bonds is 8. The van der Waals surface area contributed by atoms with Crippen LogP contribution in [0.4, 0.5) is 0 Å². The van der Waals surface area contributed by atoms with E-state index in [9.17, 15) is 0 Å². The second-order valence-corrected chi connectivity index (χ2v) is 6.55. The Bertz CT molecular complexity index is 390. The lowest BCUT2D eigenvalue weighted by Gasteiger charge is -2.25. The van der Waals surface area contributed by atoms with Crippen LogP contribution in [0.1, 0.15) is 37.9 Å². The molecule has 1 aromatic carbocycles. The molecule has 0 aromatic heterocycles. The summed E-state index contributed by atoms with van der Waals surface area (Å²) in [6.07, 6.45) is 3.52. The SMILES string of the molecule is CCCNCC(OCC1CCOCC1)c1ccc(Br)cc1. The van der Waals surface area contributed by atoms with E-state index >= 15 is 0 Å². The molecule has 0 bridgehead atoms. The van der Waals surface area contributed by atoms with E-state index in [0.717, 1.165) is 56.6 Å². The second-order valence-electron chi connectivity index (χ2n) is 5.63. The van der Waals surface area contributed by atoms with Gasteiger partial charge in [0.2, 0.25) is 0 Å². The zero-order chi connectivity index (χ0) is 14.9. The Morgan fingerprint density at radius 2 is 2.00 bits per heavy atom. The van der Waals surface area contributed by atoms with Gasteiger partial charge < -0.3 is 14.8 Å². The van der Waals surface area contributed by atoms with Gasteiger partial charge >= 0.3 is 0 Å². The predicted octanol–water partition coefficient (Wildman–Crippen LogP) is 3.93. The highest BCUT2D eigenvalue weighted by Crippen LogP contribution is 2.23. The Labute approximate surface area is 136 Å². The second kappa shape index (κ2) is 9.57. The molecule has 0 radical (unpaired) electrons. The fraction of sp³-hybridized carbons (Fsp3) is 0.647. The minimum absolute atomic E-state index is 0.132. The summed E-state index contributed by atoms with van der Waals surface area (Å²) in [5.74, 6) is 0.642. The van der Waals surface area contributed by atoms with E-state index in [1.54, 1.807) is 0 Å². The van der Waals surface area contributed by atoms with Gasteiger partial charge in [0.1, 0.15) is 0 Å². The van der Waals surface area contributed by atoms with Gasteiger partial charge in [-0.15, -0.1) is 0 Å². The van der Waals surface area contributed by atoms with Crippen LogP contribution in [0.15, 0.2) is 28.7 Å². The molecule has 0 spiro atoms. The molecule has 1 heterocycles. The van der Waals surface area contributed by atoms with Gasteiger partial charge in [0.05, 0.1) is 12.7 Å². The number of hydrogen-bond donors (Lipinski definition) is 1. The van der Waals surface area contributed by atoms with Crippen molar-refractivity contribution in [2.75, 3.05) is 32.9 Å². The summed E-state index contributed by atoms with van der Waals surface area (Å²) in [5, 5.41) is 3.47. The van der Waals surface area contributed by atoms with Crippen molar-refractivity contribution in [3.05, 3.63) is 34.3 Å². The summed E-state index contributed by atoms with van der Waals surface area (Å²) in [6.45, 7) is 6.69. The van der Waals surface area contributed by atoms with Crippen LogP contribution in [0.25, 0.3) is 0 Å². The Morgan fingerprint density at radius 3 is 2.67 bits per heavy atom. The van der Waals surface area contributed by atoms with Gasteiger partial charge in [-0.2, -0.15) is 0 Å². The molecule has 0 saturated carbocycles. The quantitative estimate of drug-likeness (QED) is 0.716. The van der Waals surface area contributed by atoms with Gasteiger partial charge in [-0.1, -0.05) is 35.0 Å². The number of hydrogen-bond acceptors (Lipinski definition) is 3. The first-order valence-electron chi connectivity index (χ1n) is 7.95. The first-order chi connectivity index (χ1) is 10.3.